The molecule has 126 valence electrons. The maximum absolute atomic E-state index is 12.2. The molecule has 1 aliphatic rings. The summed E-state index contributed by atoms with van der Waals surface area (Å²) in [5.41, 5.74) is 2.49. The molecule has 8 heteroatoms. The number of thiazole rings is 1. The Hall–Kier alpha value is -1.22. The molecule has 1 unspecified atom stereocenters. The van der Waals surface area contributed by atoms with Gasteiger partial charge in [0.2, 0.25) is 0 Å². The minimum atomic E-state index is -0.332. The molecule has 0 aliphatic carbocycles. The maximum atomic E-state index is 12.2. The average Bonchev–Trinajstić information content (AvgIpc) is 3.14. The van der Waals surface area contributed by atoms with Gasteiger partial charge in [-0.3, -0.25) is 4.79 Å². The minimum Gasteiger partial charge on any atom is -0.350 e. The van der Waals surface area contributed by atoms with E-state index in [1.165, 1.54) is 11.3 Å². The third-order valence-corrected chi connectivity index (χ3v) is 5.98. The predicted octanol–water partition coefficient (Wildman–Crippen LogP) is 3.39. The first-order chi connectivity index (χ1) is 11.2. The summed E-state index contributed by atoms with van der Waals surface area (Å²) in [7, 11) is 0. The Bertz CT molecular complexity index is 629. The Balaban J connectivity index is 1.63. The van der Waals surface area contributed by atoms with E-state index in [0.29, 0.717) is 11.5 Å². The number of nitrogens with one attached hydrogen (secondary N) is 1. The SMILES string of the molecule is CCN(CC)c1nc2sc(C(=O)NOC3CCCCO3)cc2s1. The Labute approximate surface area is 143 Å². The molecule has 0 spiro atoms. The number of hydroxylamine groups is 1. The van der Waals surface area contributed by atoms with Crippen molar-refractivity contribution >= 4 is 43.2 Å². The topological polar surface area (TPSA) is 63.7 Å². The summed E-state index contributed by atoms with van der Waals surface area (Å²) in [4.78, 5) is 25.8. The third-order valence-electron chi connectivity index (χ3n) is 3.76. The summed E-state index contributed by atoms with van der Waals surface area (Å²) in [6.07, 6.45) is 2.60. The van der Waals surface area contributed by atoms with Gasteiger partial charge in [0.1, 0.15) is 4.83 Å². The fourth-order valence-corrected chi connectivity index (χ4v) is 4.66. The molecule has 0 aromatic carbocycles. The molecule has 1 fully saturated rings. The van der Waals surface area contributed by atoms with Crippen molar-refractivity contribution in [3.05, 3.63) is 10.9 Å². The van der Waals surface area contributed by atoms with Gasteiger partial charge < -0.3 is 9.64 Å². The van der Waals surface area contributed by atoms with E-state index in [2.05, 4.69) is 29.2 Å². The van der Waals surface area contributed by atoms with E-state index in [1.54, 1.807) is 11.3 Å². The van der Waals surface area contributed by atoms with Crippen molar-refractivity contribution in [1.29, 1.82) is 0 Å². The number of hydrogen-bond donors (Lipinski definition) is 1. The zero-order chi connectivity index (χ0) is 16.2. The van der Waals surface area contributed by atoms with Gasteiger partial charge in [-0.25, -0.2) is 15.3 Å². The van der Waals surface area contributed by atoms with Gasteiger partial charge in [-0.1, -0.05) is 11.3 Å². The van der Waals surface area contributed by atoms with Crippen molar-refractivity contribution in [2.24, 2.45) is 0 Å². The molecule has 1 saturated heterocycles. The second-order valence-electron chi connectivity index (χ2n) is 5.29. The second-order valence-corrected chi connectivity index (χ2v) is 7.33. The van der Waals surface area contributed by atoms with Crippen molar-refractivity contribution in [2.75, 3.05) is 24.6 Å². The first kappa shape index (κ1) is 16.6. The van der Waals surface area contributed by atoms with Gasteiger partial charge in [0.15, 0.2) is 11.4 Å². The van der Waals surface area contributed by atoms with E-state index in [0.717, 1.165) is 47.0 Å². The summed E-state index contributed by atoms with van der Waals surface area (Å²) < 4.78 is 6.46. The number of thiophene rings is 1. The molecule has 0 saturated carbocycles. The molecule has 3 heterocycles. The van der Waals surface area contributed by atoms with Gasteiger partial charge in [0, 0.05) is 26.1 Å². The van der Waals surface area contributed by atoms with Crippen LogP contribution < -0.4 is 10.4 Å². The molecule has 2 aromatic rings. The van der Waals surface area contributed by atoms with E-state index in [4.69, 9.17) is 9.57 Å². The Kier molecular flexibility index (Phi) is 5.47. The summed E-state index contributed by atoms with van der Waals surface area (Å²) in [6, 6.07) is 1.88. The van der Waals surface area contributed by atoms with Crippen LogP contribution in [0, 0.1) is 0 Å². The molecule has 6 nitrogen and oxygen atoms in total. The van der Waals surface area contributed by atoms with Crippen molar-refractivity contribution in [3.63, 3.8) is 0 Å². The lowest BCUT2D eigenvalue weighted by Crippen LogP contribution is -2.32. The normalized spacial score (nSPS) is 18.3. The zero-order valence-corrected chi connectivity index (χ0v) is 15.0. The Morgan fingerprint density at radius 1 is 1.43 bits per heavy atom. The molecule has 2 aromatic heterocycles. The first-order valence-corrected chi connectivity index (χ1v) is 9.57. The first-order valence-electron chi connectivity index (χ1n) is 7.94. The quantitative estimate of drug-likeness (QED) is 0.805. The largest absolute Gasteiger partial charge is 0.350 e. The summed E-state index contributed by atoms with van der Waals surface area (Å²) in [5.74, 6) is -0.237. The second kappa shape index (κ2) is 7.57. The smallest absolute Gasteiger partial charge is 0.285 e. The van der Waals surface area contributed by atoms with Crippen LogP contribution in [0.1, 0.15) is 42.8 Å². The zero-order valence-electron chi connectivity index (χ0n) is 13.3. The highest BCUT2D eigenvalue weighted by Crippen LogP contribution is 2.34. The molecule has 23 heavy (non-hydrogen) atoms. The van der Waals surface area contributed by atoms with Crippen LogP contribution in [0.25, 0.3) is 9.53 Å². The number of rotatable bonds is 6. The Morgan fingerprint density at radius 3 is 2.91 bits per heavy atom. The van der Waals surface area contributed by atoms with Crippen LogP contribution in [-0.4, -0.2) is 36.9 Å². The monoisotopic (exact) mass is 355 g/mol. The molecule has 1 atom stereocenters. The van der Waals surface area contributed by atoms with Crippen LogP contribution in [0.5, 0.6) is 0 Å². The lowest BCUT2D eigenvalue weighted by Gasteiger charge is -2.21. The van der Waals surface area contributed by atoms with Crippen molar-refractivity contribution < 1.29 is 14.4 Å². The lowest BCUT2D eigenvalue weighted by molar-refractivity contribution is -0.186. The lowest BCUT2D eigenvalue weighted by atomic mass is 10.2. The van der Waals surface area contributed by atoms with Crippen LogP contribution >= 0.6 is 22.7 Å². The van der Waals surface area contributed by atoms with Gasteiger partial charge >= 0.3 is 0 Å². The number of carbonyl (C=O) groups is 1. The third kappa shape index (κ3) is 3.82. The highest BCUT2D eigenvalue weighted by atomic mass is 32.1. The minimum absolute atomic E-state index is 0.237. The molecular formula is C15H21N3O3S2. The Morgan fingerprint density at radius 2 is 2.26 bits per heavy atom. The van der Waals surface area contributed by atoms with E-state index < -0.39 is 0 Å². The molecule has 1 N–H and O–H groups in total. The number of anilines is 1. The summed E-state index contributed by atoms with van der Waals surface area (Å²) in [6.45, 7) is 6.78. The van der Waals surface area contributed by atoms with Crippen molar-refractivity contribution in [2.45, 2.75) is 39.4 Å². The molecule has 0 radical (unpaired) electrons. The highest BCUT2D eigenvalue weighted by molar-refractivity contribution is 7.29. The molecule has 0 bridgehead atoms. The standard InChI is InChI=1S/C15H21N3O3S2/c1-3-18(4-2)15-16-14-11(23-15)9-10(22-14)13(19)17-21-12-7-5-6-8-20-12/h9,12H,3-8H2,1-2H3,(H,17,19). The number of carbonyl (C=O) groups excluding carboxylic acids is 1. The van der Waals surface area contributed by atoms with Gasteiger partial charge in [-0.2, -0.15) is 0 Å². The van der Waals surface area contributed by atoms with Crippen LogP contribution in [0.4, 0.5) is 5.13 Å². The van der Waals surface area contributed by atoms with Crippen LogP contribution in [0.15, 0.2) is 6.07 Å². The van der Waals surface area contributed by atoms with Gasteiger partial charge in [-0.05, 0) is 32.8 Å². The van der Waals surface area contributed by atoms with Gasteiger partial charge in [0.25, 0.3) is 5.91 Å². The number of aromatic nitrogens is 1. The number of nitrogens with zero attached hydrogens (tertiary/aromatic N) is 2. The van der Waals surface area contributed by atoms with Gasteiger partial charge in [-0.15, -0.1) is 11.3 Å². The predicted molar refractivity (Wildman–Crippen MR) is 93.2 cm³/mol. The van der Waals surface area contributed by atoms with E-state index >= 15 is 0 Å². The summed E-state index contributed by atoms with van der Waals surface area (Å²) >= 11 is 3.01. The van der Waals surface area contributed by atoms with E-state index in [-0.39, 0.29) is 12.2 Å². The molecule has 3 rings (SSSR count). The number of hydrogen-bond acceptors (Lipinski definition) is 7. The summed E-state index contributed by atoms with van der Waals surface area (Å²) in [5, 5.41) is 1.01. The van der Waals surface area contributed by atoms with Crippen LogP contribution in [0.3, 0.4) is 0 Å². The highest BCUT2D eigenvalue weighted by Gasteiger charge is 2.19. The fraction of sp³-hybridized carbons (Fsp3) is 0.600. The maximum Gasteiger partial charge on any atom is 0.285 e. The molecular weight excluding hydrogens is 334 g/mol. The number of ether oxygens (including phenoxy) is 1. The number of fused-ring (bicyclic) bond motifs is 1. The fourth-order valence-electron chi connectivity index (χ4n) is 2.44. The van der Waals surface area contributed by atoms with Crippen LogP contribution in [-0.2, 0) is 9.57 Å². The van der Waals surface area contributed by atoms with E-state index in [1.807, 2.05) is 6.07 Å². The van der Waals surface area contributed by atoms with E-state index in [9.17, 15) is 4.79 Å². The number of amides is 1. The average molecular weight is 355 g/mol. The van der Waals surface area contributed by atoms with Gasteiger partial charge in [0.05, 0.1) is 9.58 Å². The molecule has 1 aliphatic heterocycles. The van der Waals surface area contributed by atoms with Crippen LogP contribution in [0.2, 0.25) is 0 Å². The van der Waals surface area contributed by atoms with Crippen molar-refractivity contribution in [1.82, 2.24) is 10.5 Å². The van der Waals surface area contributed by atoms with Crippen molar-refractivity contribution in [3.8, 4) is 0 Å². The molecule has 1 amide bonds.